The second kappa shape index (κ2) is 9.62. The van der Waals surface area contributed by atoms with E-state index >= 15 is 0 Å². The Hall–Kier alpha value is -3.25. The van der Waals surface area contributed by atoms with E-state index in [9.17, 15) is 9.59 Å². The van der Waals surface area contributed by atoms with Gasteiger partial charge in [0.1, 0.15) is 0 Å². The molecule has 3 N–H and O–H groups in total. The van der Waals surface area contributed by atoms with Crippen molar-refractivity contribution in [2.24, 2.45) is 0 Å². The van der Waals surface area contributed by atoms with Crippen molar-refractivity contribution >= 4 is 40.8 Å². The molecule has 0 fully saturated rings. The zero-order valence-electron chi connectivity index (χ0n) is 15.4. The van der Waals surface area contributed by atoms with E-state index < -0.39 is 0 Å². The number of hydrogen-bond donors (Lipinski definition) is 3. The number of hydrogen-bond acceptors (Lipinski definition) is 3. The normalized spacial score (nSPS) is 10.2. The minimum atomic E-state index is -0.302. The maximum atomic E-state index is 12.1. The third-order valence-corrected chi connectivity index (χ3v) is 4.94. The number of nitrogens with one attached hydrogen (secondary N) is 3. The van der Waals surface area contributed by atoms with E-state index in [4.69, 9.17) is 0 Å². The van der Waals surface area contributed by atoms with Gasteiger partial charge in [0.2, 0.25) is 5.91 Å². The van der Waals surface area contributed by atoms with Crippen molar-refractivity contribution in [1.82, 2.24) is 0 Å². The van der Waals surface area contributed by atoms with Crippen LogP contribution in [0.15, 0.2) is 83.8 Å². The van der Waals surface area contributed by atoms with Crippen LogP contribution in [-0.2, 0) is 4.79 Å². The monoisotopic (exact) mass is 391 g/mol. The maximum Gasteiger partial charge on any atom is 0.323 e. The summed E-state index contributed by atoms with van der Waals surface area (Å²) in [6.07, 6.45) is 0. The smallest absolute Gasteiger partial charge is 0.323 e. The van der Waals surface area contributed by atoms with Crippen LogP contribution in [0.2, 0.25) is 0 Å². The Labute approximate surface area is 168 Å². The molecule has 0 atom stereocenters. The highest BCUT2D eigenvalue weighted by atomic mass is 32.2. The lowest BCUT2D eigenvalue weighted by molar-refractivity contribution is -0.113. The van der Waals surface area contributed by atoms with Gasteiger partial charge in [0.05, 0.1) is 5.75 Å². The van der Waals surface area contributed by atoms with Crippen LogP contribution in [0.5, 0.6) is 0 Å². The summed E-state index contributed by atoms with van der Waals surface area (Å²) in [6.45, 7) is 1.96. The van der Waals surface area contributed by atoms with Crippen LogP contribution in [0.3, 0.4) is 0 Å². The molecule has 0 aliphatic rings. The van der Waals surface area contributed by atoms with Crippen LogP contribution in [0.4, 0.5) is 21.9 Å². The summed E-state index contributed by atoms with van der Waals surface area (Å²) in [7, 11) is 0. The lowest BCUT2D eigenvalue weighted by Gasteiger charge is -2.09. The predicted molar refractivity (Wildman–Crippen MR) is 116 cm³/mol. The number of para-hydroxylation sites is 2. The highest BCUT2D eigenvalue weighted by molar-refractivity contribution is 8.00. The first-order valence-electron chi connectivity index (χ1n) is 8.81. The molecular weight excluding hydrogens is 370 g/mol. The van der Waals surface area contributed by atoms with E-state index in [0.29, 0.717) is 11.4 Å². The van der Waals surface area contributed by atoms with Gasteiger partial charge in [-0.2, -0.15) is 0 Å². The van der Waals surface area contributed by atoms with Crippen molar-refractivity contribution in [3.05, 3.63) is 84.4 Å². The van der Waals surface area contributed by atoms with Crippen LogP contribution in [-0.4, -0.2) is 17.7 Å². The van der Waals surface area contributed by atoms with Crippen LogP contribution in [0.25, 0.3) is 0 Å². The molecule has 3 aromatic carbocycles. The summed E-state index contributed by atoms with van der Waals surface area (Å²) in [5, 5.41) is 8.46. The first-order valence-corrected chi connectivity index (χ1v) is 9.80. The minimum Gasteiger partial charge on any atom is -0.325 e. The molecule has 0 aliphatic carbocycles. The molecule has 0 saturated heterocycles. The van der Waals surface area contributed by atoms with Gasteiger partial charge in [-0.05, 0) is 55.0 Å². The van der Waals surface area contributed by atoms with Gasteiger partial charge in [0.25, 0.3) is 0 Å². The number of benzene rings is 3. The number of anilines is 3. The summed E-state index contributed by atoms with van der Waals surface area (Å²) in [4.78, 5) is 25.1. The Bertz CT molecular complexity index is 944. The molecule has 0 aliphatic heterocycles. The van der Waals surface area contributed by atoms with Gasteiger partial charge in [-0.3, -0.25) is 4.79 Å². The maximum absolute atomic E-state index is 12.1. The van der Waals surface area contributed by atoms with Gasteiger partial charge >= 0.3 is 6.03 Å². The third kappa shape index (κ3) is 5.89. The Balaban J connectivity index is 1.47. The summed E-state index contributed by atoms with van der Waals surface area (Å²) in [6, 6.07) is 24.0. The van der Waals surface area contributed by atoms with E-state index in [1.165, 1.54) is 11.8 Å². The van der Waals surface area contributed by atoms with Crippen molar-refractivity contribution in [3.8, 4) is 0 Å². The van der Waals surface area contributed by atoms with Crippen LogP contribution < -0.4 is 16.0 Å². The van der Waals surface area contributed by atoms with Crippen molar-refractivity contribution in [3.63, 3.8) is 0 Å². The van der Waals surface area contributed by atoms with Gasteiger partial charge in [-0.1, -0.05) is 36.4 Å². The van der Waals surface area contributed by atoms with Crippen LogP contribution in [0, 0.1) is 6.92 Å². The predicted octanol–water partition coefficient (Wildman–Crippen LogP) is 5.37. The van der Waals surface area contributed by atoms with Gasteiger partial charge in [0.15, 0.2) is 0 Å². The summed E-state index contributed by atoms with van der Waals surface area (Å²) in [5.74, 6) is 0.263. The second-order valence-electron chi connectivity index (χ2n) is 6.12. The summed E-state index contributed by atoms with van der Waals surface area (Å²) >= 11 is 1.44. The molecule has 3 amide bonds. The lowest BCUT2D eigenvalue weighted by Crippen LogP contribution is -2.19. The number of urea groups is 1. The molecule has 6 heteroatoms. The quantitative estimate of drug-likeness (QED) is 0.495. The minimum absolute atomic E-state index is 0.0521. The third-order valence-electron chi connectivity index (χ3n) is 3.93. The fraction of sp³-hybridized carbons (Fsp3) is 0.0909. The highest BCUT2D eigenvalue weighted by Gasteiger charge is 2.06. The summed E-state index contributed by atoms with van der Waals surface area (Å²) < 4.78 is 0. The molecule has 0 heterocycles. The standard InChI is InChI=1S/C22H21N3O2S/c1-16-7-5-6-10-20(16)25-21(26)15-28-19-13-11-18(12-14-19)24-22(27)23-17-8-3-2-4-9-17/h2-14H,15H2,1H3,(H,25,26)(H2,23,24,27). The molecule has 3 rings (SSSR count). The molecule has 0 spiro atoms. The number of rotatable bonds is 6. The van der Waals surface area contributed by atoms with Gasteiger partial charge in [-0.25, -0.2) is 4.79 Å². The molecule has 0 unspecified atom stereocenters. The van der Waals surface area contributed by atoms with Crippen LogP contribution >= 0.6 is 11.8 Å². The van der Waals surface area contributed by atoms with E-state index in [-0.39, 0.29) is 11.9 Å². The van der Waals surface area contributed by atoms with Crippen molar-refractivity contribution in [2.75, 3.05) is 21.7 Å². The SMILES string of the molecule is Cc1ccccc1NC(=O)CSc1ccc(NC(=O)Nc2ccccc2)cc1. The average Bonchev–Trinajstić information content (AvgIpc) is 2.70. The molecule has 5 nitrogen and oxygen atoms in total. The zero-order chi connectivity index (χ0) is 19.8. The Kier molecular flexibility index (Phi) is 6.70. The van der Waals surface area contributed by atoms with Crippen molar-refractivity contribution < 1.29 is 9.59 Å². The Morgan fingerprint density at radius 1 is 0.750 bits per heavy atom. The van der Waals surface area contributed by atoms with E-state index in [0.717, 1.165) is 21.8 Å². The Morgan fingerprint density at radius 2 is 1.36 bits per heavy atom. The Morgan fingerprint density at radius 3 is 2.04 bits per heavy atom. The van der Waals surface area contributed by atoms with Crippen molar-refractivity contribution in [2.45, 2.75) is 11.8 Å². The number of thioether (sulfide) groups is 1. The molecule has 0 aromatic heterocycles. The van der Waals surface area contributed by atoms with E-state index in [1.54, 1.807) is 0 Å². The molecule has 0 radical (unpaired) electrons. The van der Waals surface area contributed by atoms with E-state index in [2.05, 4.69) is 16.0 Å². The lowest BCUT2D eigenvalue weighted by atomic mass is 10.2. The molecule has 142 valence electrons. The van der Waals surface area contributed by atoms with Gasteiger partial charge in [0, 0.05) is 22.0 Å². The number of aryl methyl sites for hydroxylation is 1. The molecule has 28 heavy (non-hydrogen) atoms. The second-order valence-corrected chi connectivity index (χ2v) is 7.17. The number of amides is 3. The number of carbonyl (C=O) groups excluding carboxylic acids is 2. The van der Waals surface area contributed by atoms with Gasteiger partial charge < -0.3 is 16.0 Å². The fourth-order valence-electron chi connectivity index (χ4n) is 2.50. The number of carbonyl (C=O) groups is 2. The molecule has 0 bridgehead atoms. The molecule has 0 saturated carbocycles. The van der Waals surface area contributed by atoms with Gasteiger partial charge in [-0.15, -0.1) is 11.8 Å². The van der Waals surface area contributed by atoms with Crippen molar-refractivity contribution in [1.29, 1.82) is 0 Å². The largest absolute Gasteiger partial charge is 0.325 e. The highest BCUT2D eigenvalue weighted by Crippen LogP contribution is 2.21. The molecular formula is C22H21N3O2S. The zero-order valence-corrected chi connectivity index (χ0v) is 16.3. The summed E-state index contributed by atoms with van der Waals surface area (Å²) in [5.41, 5.74) is 3.27. The average molecular weight is 391 g/mol. The first kappa shape index (κ1) is 19.5. The first-order chi connectivity index (χ1) is 13.6. The molecule has 3 aromatic rings. The fourth-order valence-corrected chi connectivity index (χ4v) is 3.20. The van der Waals surface area contributed by atoms with Crippen LogP contribution in [0.1, 0.15) is 5.56 Å². The van der Waals surface area contributed by atoms with E-state index in [1.807, 2.05) is 85.8 Å². The topological polar surface area (TPSA) is 70.2 Å².